The van der Waals surface area contributed by atoms with Crippen LogP contribution in [-0.4, -0.2) is 19.3 Å². The van der Waals surface area contributed by atoms with E-state index in [2.05, 4.69) is 10.1 Å². The molecule has 21 heavy (non-hydrogen) atoms. The number of alkyl halides is 1. The van der Waals surface area contributed by atoms with E-state index in [9.17, 15) is 4.79 Å². The normalized spacial score (nSPS) is 11.1. The van der Waals surface area contributed by atoms with Gasteiger partial charge < -0.3 is 0 Å². The minimum absolute atomic E-state index is 0.0489. The molecule has 0 spiro atoms. The standard InChI is InChI=1S/C15H15ClN4O/c1-19-8-6-11(18-19)7-9-20-14(10-16)17-13-5-3-2-4-12(13)15(20)21/h2-6,8H,7,9-10H2,1H3. The molecule has 6 heteroatoms. The molecule has 0 aliphatic carbocycles. The van der Waals surface area contributed by atoms with Gasteiger partial charge in [0, 0.05) is 26.2 Å². The van der Waals surface area contributed by atoms with Crippen molar-refractivity contribution in [3.05, 3.63) is 58.4 Å². The first-order chi connectivity index (χ1) is 10.2. The first-order valence-corrected chi connectivity index (χ1v) is 7.25. The molecule has 0 saturated carbocycles. The molecule has 0 N–H and O–H groups in total. The highest BCUT2D eigenvalue weighted by Crippen LogP contribution is 2.10. The summed E-state index contributed by atoms with van der Waals surface area (Å²) >= 11 is 5.95. The predicted molar refractivity (Wildman–Crippen MR) is 82.5 cm³/mol. The fourth-order valence-electron chi connectivity index (χ4n) is 2.37. The van der Waals surface area contributed by atoms with Crippen molar-refractivity contribution in [2.75, 3.05) is 0 Å². The number of rotatable bonds is 4. The van der Waals surface area contributed by atoms with Crippen LogP contribution in [0, 0.1) is 0 Å². The summed E-state index contributed by atoms with van der Waals surface area (Å²) in [6, 6.07) is 9.27. The van der Waals surface area contributed by atoms with Crippen LogP contribution in [0.5, 0.6) is 0 Å². The Morgan fingerprint density at radius 3 is 2.76 bits per heavy atom. The summed E-state index contributed by atoms with van der Waals surface area (Å²) in [7, 11) is 1.87. The van der Waals surface area contributed by atoms with Gasteiger partial charge in [0.25, 0.3) is 5.56 Å². The molecule has 0 radical (unpaired) electrons. The maximum atomic E-state index is 12.6. The molecule has 0 aliphatic rings. The molecule has 0 saturated heterocycles. The molecule has 0 amide bonds. The van der Waals surface area contributed by atoms with Gasteiger partial charge in [-0.3, -0.25) is 14.0 Å². The third-order valence-corrected chi connectivity index (χ3v) is 3.66. The Hall–Kier alpha value is -2.14. The number of aryl methyl sites for hydroxylation is 2. The van der Waals surface area contributed by atoms with Crippen LogP contribution in [0.1, 0.15) is 11.5 Å². The number of hydrogen-bond donors (Lipinski definition) is 0. The Morgan fingerprint density at radius 1 is 1.24 bits per heavy atom. The maximum Gasteiger partial charge on any atom is 0.261 e. The van der Waals surface area contributed by atoms with E-state index in [1.54, 1.807) is 15.3 Å². The second-order valence-electron chi connectivity index (χ2n) is 4.87. The number of benzene rings is 1. The van der Waals surface area contributed by atoms with Crippen molar-refractivity contribution in [1.29, 1.82) is 0 Å². The minimum atomic E-state index is -0.0489. The molecule has 3 rings (SSSR count). The summed E-state index contributed by atoms with van der Waals surface area (Å²) in [5, 5.41) is 4.94. The first-order valence-electron chi connectivity index (χ1n) is 6.72. The van der Waals surface area contributed by atoms with Gasteiger partial charge in [-0.15, -0.1) is 11.6 Å². The van der Waals surface area contributed by atoms with Gasteiger partial charge in [-0.25, -0.2) is 4.98 Å². The molecule has 0 atom stereocenters. The monoisotopic (exact) mass is 302 g/mol. The Labute approximate surface area is 126 Å². The number of halogens is 1. The second-order valence-corrected chi connectivity index (χ2v) is 5.13. The highest BCUT2D eigenvalue weighted by Gasteiger charge is 2.10. The summed E-state index contributed by atoms with van der Waals surface area (Å²) in [4.78, 5) is 17.1. The maximum absolute atomic E-state index is 12.6. The van der Waals surface area contributed by atoms with Gasteiger partial charge in [0.1, 0.15) is 5.82 Å². The van der Waals surface area contributed by atoms with Gasteiger partial charge in [-0.1, -0.05) is 12.1 Å². The molecule has 108 valence electrons. The number of nitrogens with zero attached hydrogens (tertiary/aromatic N) is 4. The minimum Gasteiger partial charge on any atom is -0.295 e. The van der Waals surface area contributed by atoms with Gasteiger partial charge in [-0.2, -0.15) is 5.10 Å². The largest absolute Gasteiger partial charge is 0.295 e. The van der Waals surface area contributed by atoms with Crippen LogP contribution in [0.25, 0.3) is 10.9 Å². The zero-order valence-corrected chi connectivity index (χ0v) is 12.4. The van der Waals surface area contributed by atoms with E-state index in [0.29, 0.717) is 29.7 Å². The highest BCUT2D eigenvalue weighted by molar-refractivity contribution is 6.16. The lowest BCUT2D eigenvalue weighted by Gasteiger charge is -2.11. The number of fused-ring (bicyclic) bond motifs is 1. The fraction of sp³-hybridized carbons (Fsp3) is 0.267. The molecule has 0 aliphatic heterocycles. The van der Waals surface area contributed by atoms with Crippen molar-refractivity contribution in [3.63, 3.8) is 0 Å². The topological polar surface area (TPSA) is 52.7 Å². The Morgan fingerprint density at radius 2 is 2.05 bits per heavy atom. The van der Waals surface area contributed by atoms with Crippen LogP contribution in [0.15, 0.2) is 41.3 Å². The van der Waals surface area contributed by atoms with Gasteiger partial charge in [0.2, 0.25) is 0 Å². The van der Waals surface area contributed by atoms with Crippen molar-refractivity contribution in [2.45, 2.75) is 18.8 Å². The summed E-state index contributed by atoms with van der Waals surface area (Å²) in [5.41, 5.74) is 1.58. The Bertz CT molecular complexity index is 837. The molecular formula is C15H15ClN4O. The molecule has 0 unspecified atom stereocenters. The van der Waals surface area contributed by atoms with Crippen molar-refractivity contribution in [2.24, 2.45) is 7.05 Å². The summed E-state index contributed by atoms with van der Waals surface area (Å²) < 4.78 is 3.39. The Balaban J connectivity index is 2.00. The Kier molecular flexibility index (Phi) is 3.75. The summed E-state index contributed by atoms with van der Waals surface area (Å²) in [6.45, 7) is 0.524. The van der Waals surface area contributed by atoms with Crippen molar-refractivity contribution < 1.29 is 0 Å². The van der Waals surface area contributed by atoms with E-state index < -0.39 is 0 Å². The fourth-order valence-corrected chi connectivity index (χ4v) is 2.57. The van der Waals surface area contributed by atoms with E-state index in [1.807, 2.05) is 37.5 Å². The lowest BCUT2D eigenvalue weighted by molar-refractivity contribution is 0.618. The van der Waals surface area contributed by atoms with E-state index in [0.717, 1.165) is 5.69 Å². The van der Waals surface area contributed by atoms with E-state index in [4.69, 9.17) is 11.6 Å². The third-order valence-electron chi connectivity index (χ3n) is 3.42. The van der Waals surface area contributed by atoms with E-state index in [1.165, 1.54) is 0 Å². The molecule has 0 fully saturated rings. The zero-order chi connectivity index (χ0) is 14.8. The lowest BCUT2D eigenvalue weighted by Crippen LogP contribution is -2.26. The molecule has 1 aromatic carbocycles. The van der Waals surface area contributed by atoms with Gasteiger partial charge in [-0.05, 0) is 18.2 Å². The van der Waals surface area contributed by atoms with Crippen LogP contribution in [-0.2, 0) is 25.9 Å². The zero-order valence-electron chi connectivity index (χ0n) is 11.7. The van der Waals surface area contributed by atoms with Gasteiger partial charge in [0.15, 0.2) is 0 Å². The molecule has 5 nitrogen and oxygen atoms in total. The van der Waals surface area contributed by atoms with Crippen molar-refractivity contribution in [3.8, 4) is 0 Å². The van der Waals surface area contributed by atoms with Gasteiger partial charge >= 0.3 is 0 Å². The van der Waals surface area contributed by atoms with E-state index in [-0.39, 0.29) is 11.4 Å². The first kappa shape index (κ1) is 13.8. The molecule has 2 heterocycles. The smallest absolute Gasteiger partial charge is 0.261 e. The quantitative estimate of drug-likeness (QED) is 0.694. The SMILES string of the molecule is Cn1ccc(CCn2c(CCl)nc3ccccc3c2=O)n1. The van der Waals surface area contributed by atoms with Crippen molar-refractivity contribution in [1.82, 2.24) is 19.3 Å². The number of aromatic nitrogens is 4. The number of hydrogen-bond acceptors (Lipinski definition) is 3. The molecule has 2 aromatic heterocycles. The average Bonchev–Trinajstić information content (AvgIpc) is 2.91. The van der Waals surface area contributed by atoms with Crippen molar-refractivity contribution >= 4 is 22.5 Å². The van der Waals surface area contributed by atoms with Crippen LogP contribution in [0.3, 0.4) is 0 Å². The summed E-state index contributed by atoms with van der Waals surface area (Å²) in [5.74, 6) is 0.804. The van der Waals surface area contributed by atoms with Crippen LogP contribution < -0.4 is 5.56 Å². The predicted octanol–water partition coefficient (Wildman–Crippen LogP) is 2.11. The second kappa shape index (κ2) is 5.69. The highest BCUT2D eigenvalue weighted by atomic mass is 35.5. The molecule has 0 bridgehead atoms. The van der Waals surface area contributed by atoms with E-state index >= 15 is 0 Å². The third kappa shape index (κ3) is 2.69. The summed E-state index contributed by atoms with van der Waals surface area (Å²) in [6.07, 6.45) is 2.56. The van der Waals surface area contributed by atoms with Gasteiger partial charge in [0.05, 0.1) is 22.5 Å². The van der Waals surface area contributed by atoms with Crippen LogP contribution in [0.4, 0.5) is 0 Å². The molecule has 3 aromatic rings. The number of para-hydroxylation sites is 1. The molecular weight excluding hydrogens is 288 g/mol. The lowest BCUT2D eigenvalue weighted by atomic mass is 10.2. The van der Waals surface area contributed by atoms with Crippen LogP contribution in [0.2, 0.25) is 0 Å². The van der Waals surface area contributed by atoms with Crippen LogP contribution >= 0.6 is 11.6 Å². The average molecular weight is 303 g/mol.